The zero-order chi connectivity index (χ0) is 14.7. The largest absolute Gasteiger partial charge is 0.352 e. The Morgan fingerprint density at radius 1 is 1.43 bits per heavy atom. The van der Waals surface area contributed by atoms with Crippen molar-refractivity contribution >= 4 is 28.5 Å². The second kappa shape index (κ2) is 6.30. The van der Waals surface area contributed by atoms with E-state index in [1.54, 1.807) is 11.8 Å². The molecule has 0 atom stereocenters. The molecule has 110 valence electrons. The maximum atomic E-state index is 10.9. The first kappa shape index (κ1) is 14.1. The molecule has 0 bridgehead atoms. The van der Waals surface area contributed by atoms with Gasteiger partial charge in [-0.2, -0.15) is 5.10 Å². The summed E-state index contributed by atoms with van der Waals surface area (Å²) in [6.07, 6.45) is 2.41. The van der Waals surface area contributed by atoms with Gasteiger partial charge in [0.15, 0.2) is 5.17 Å². The molecule has 3 rings (SSSR count). The second-order valence-corrected chi connectivity index (χ2v) is 6.20. The lowest BCUT2D eigenvalue weighted by molar-refractivity contribution is -0.119. The van der Waals surface area contributed by atoms with Crippen LogP contribution >= 0.6 is 11.8 Å². The molecule has 5 nitrogen and oxygen atoms in total. The molecule has 1 aliphatic carbocycles. The number of hydrazone groups is 1. The summed E-state index contributed by atoms with van der Waals surface area (Å²) in [5, 5.41) is 8.13. The van der Waals surface area contributed by atoms with Crippen molar-refractivity contribution < 1.29 is 4.79 Å². The number of carbonyl (C=O) groups excluding carboxylic acids is 1. The molecule has 0 radical (unpaired) electrons. The summed E-state index contributed by atoms with van der Waals surface area (Å²) < 4.78 is 0. The quantitative estimate of drug-likeness (QED) is 0.892. The van der Waals surface area contributed by atoms with Gasteiger partial charge >= 0.3 is 0 Å². The number of carbonyl (C=O) groups is 1. The van der Waals surface area contributed by atoms with Crippen molar-refractivity contribution in [2.75, 3.05) is 5.75 Å². The summed E-state index contributed by atoms with van der Waals surface area (Å²) in [6, 6.07) is 8.64. The van der Waals surface area contributed by atoms with Gasteiger partial charge in [-0.3, -0.25) is 15.2 Å². The molecule has 0 spiro atoms. The minimum absolute atomic E-state index is 0.0150. The molecule has 1 saturated carbocycles. The number of thioether (sulfide) groups is 1. The van der Waals surface area contributed by atoms with Crippen LogP contribution in [0.4, 0.5) is 0 Å². The van der Waals surface area contributed by atoms with Gasteiger partial charge in [-0.1, -0.05) is 36.0 Å². The third-order valence-electron chi connectivity index (χ3n) is 3.31. The van der Waals surface area contributed by atoms with Gasteiger partial charge in [-0.05, 0) is 24.0 Å². The number of aliphatic imine (C=N–C) groups is 1. The lowest BCUT2D eigenvalue weighted by Gasteiger charge is -2.15. The molecule has 21 heavy (non-hydrogen) atoms. The van der Waals surface area contributed by atoms with E-state index >= 15 is 0 Å². The second-order valence-electron chi connectivity index (χ2n) is 5.23. The normalized spacial score (nSPS) is 19.9. The van der Waals surface area contributed by atoms with Crippen molar-refractivity contribution in [2.45, 2.75) is 32.4 Å². The fourth-order valence-electron chi connectivity index (χ4n) is 1.94. The van der Waals surface area contributed by atoms with E-state index in [4.69, 9.17) is 0 Å². The molecule has 1 amide bonds. The zero-order valence-electron chi connectivity index (χ0n) is 11.9. The minimum Gasteiger partial charge on any atom is -0.352 e. The molecule has 1 aromatic carbocycles. The Morgan fingerprint density at radius 3 is 2.76 bits per heavy atom. The predicted octanol–water partition coefficient (Wildman–Crippen LogP) is 1.88. The highest BCUT2D eigenvalue weighted by Gasteiger charge is 2.22. The van der Waals surface area contributed by atoms with Crippen molar-refractivity contribution in [3.8, 4) is 0 Å². The summed E-state index contributed by atoms with van der Waals surface area (Å²) in [6.45, 7) is 2.09. The van der Waals surface area contributed by atoms with Crippen molar-refractivity contribution in [1.82, 2.24) is 10.7 Å². The molecule has 1 fully saturated rings. The smallest absolute Gasteiger partial charge is 0.217 e. The molecule has 0 unspecified atom stereocenters. The van der Waals surface area contributed by atoms with E-state index in [9.17, 15) is 4.79 Å². The number of hydrogen-bond donors (Lipinski definition) is 2. The minimum atomic E-state index is -0.0150. The standard InChI is InChI=1S/C15H18N4OS/c1-10(20)16-8-11-2-4-12(5-3-11)14-9-21-15(19-18-14)17-13-6-7-13/h2-5,13H,6-9H2,1H3,(H,16,20)(H,17,19). The van der Waals surface area contributed by atoms with E-state index in [0.29, 0.717) is 12.6 Å². The van der Waals surface area contributed by atoms with Gasteiger partial charge in [0.05, 0.1) is 11.8 Å². The predicted molar refractivity (Wildman–Crippen MR) is 86.6 cm³/mol. The van der Waals surface area contributed by atoms with Gasteiger partial charge in [-0.25, -0.2) is 0 Å². The lowest BCUT2D eigenvalue weighted by atomic mass is 10.1. The highest BCUT2D eigenvalue weighted by molar-refractivity contribution is 8.14. The molecular weight excluding hydrogens is 284 g/mol. The Morgan fingerprint density at radius 2 is 2.19 bits per heavy atom. The van der Waals surface area contributed by atoms with Crippen LogP contribution < -0.4 is 10.7 Å². The summed E-state index contributed by atoms with van der Waals surface area (Å²) in [4.78, 5) is 15.4. The molecule has 1 aromatic rings. The third-order valence-corrected chi connectivity index (χ3v) is 4.20. The topological polar surface area (TPSA) is 65.8 Å². The van der Waals surface area contributed by atoms with E-state index in [2.05, 4.69) is 20.8 Å². The molecule has 1 heterocycles. The van der Waals surface area contributed by atoms with Crippen LogP contribution in [0.25, 0.3) is 0 Å². The van der Waals surface area contributed by atoms with Crippen LogP contribution in [0.3, 0.4) is 0 Å². The molecule has 1 aliphatic heterocycles. The fraction of sp³-hybridized carbons (Fsp3) is 0.400. The van der Waals surface area contributed by atoms with E-state index in [-0.39, 0.29) is 5.91 Å². The van der Waals surface area contributed by atoms with Crippen molar-refractivity contribution in [2.24, 2.45) is 10.1 Å². The average Bonchev–Trinajstić information content (AvgIpc) is 3.30. The molecule has 6 heteroatoms. The Bertz CT molecular complexity index is 590. The number of hydrogen-bond acceptors (Lipinski definition) is 4. The monoisotopic (exact) mass is 302 g/mol. The summed E-state index contributed by atoms with van der Waals surface area (Å²) in [5.74, 6) is 0.822. The van der Waals surface area contributed by atoms with Gasteiger partial charge < -0.3 is 5.32 Å². The van der Waals surface area contributed by atoms with Gasteiger partial charge in [0.1, 0.15) is 0 Å². The SMILES string of the molecule is CC(=O)NCc1ccc(C2=NNC(=NC3CC3)SC2)cc1. The fourth-order valence-corrected chi connectivity index (χ4v) is 2.78. The van der Waals surface area contributed by atoms with Crippen molar-refractivity contribution in [3.05, 3.63) is 35.4 Å². The van der Waals surface area contributed by atoms with Gasteiger partial charge in [0.25, 0.3) is 0 Å². The highest BCUT2D eigenvalue weighted by Crippen LogP contribution is 2.25. The maximum Gasteiger partial charge on any atom is 0.217 e. The Hall–Kier alpha value is -1.82. The number of benzene rings is 1. The third kappa shape index (κ3) is 4.07. The summed E-state index contributed by atoms with van der Waals surface area (Å²) in [7, 11) is 0. The summed E-state index contributed by atoms with van der Waals surface area (Å²) >= 11 is 1.70. The first-order chi connectivity index (χ1) is 10.2. The Labute approximate surface area is 128 Å². The maximum absolute atomic E-state index is 10.9. The molecule has 0 aromatic heterocycles. The molecule has 0 saturated heterocycles. The van der Waals surface area contributed by atoms with E-state index in [1.165, 1.54) is 19.8 Å². The van der Waals surface area contributed by atoms with Crippen LogP contribution in [0.2, 0.25) is 0 Å². The van der Waals surface area contributed by atoms with Crippen LogP contribution in [-0.2, 0) is 11.3 Å². The number of nitrogens with zero attached hydrogens (tertiary/aromatic N) is 2. The van der Waals surface area contributed by atoms with Gasteiger partial charge in [0, 0.05) is 19.2 Å². The number of amidine groups is 1. The van der Waals surface area contributed by atoms with Crippen LogP contribution in [0.15, 0.2) is 34.4 Å². The number of nitrogens with one attached hydrogen (secondary N) is 2. The van der Waals surface area contributed by atoms with Crippen molar-refractivity contribution in [1.29, 1.82) is 0 Å². The molecular formula is C15H18N4OS. The lowest BCUT2D eigenvalue weighted by Crippen LogP contribution is -2.25. The number of rotatable bonds is 4. The van der Waals surface area contributed by atoms with Crippen LogP contribution in [0.1, 0.15) is 30.9 Å². The summed E-state index contributed by atoms with van der Waals surface area (Å²) in [5.41, 5.74) is 6.26. The zero-order valence-corrected chi connectivity index (χ0v) is 12.7. The van der Waals surface area contributed by atoms with E-state index in [0.717, 1.165) is 27.8 Å². The highest BCUT2D eigenvalue weighted by atomic mass is 32.2. The first-order valence-corrected chi connectivity index (χ1v) is 8.06. The average molecular weight is 302 g/mol. The van der Waals surface area contributed by atoms with E-state index < -0.39 is 0 Å². The van der Waals surface area contributed by atoms with Gasteiger partial charge in [-0.15, -0.1) is 0 Å². The number of amides is 1. The van der Waals surface area contributed by atoms with Crippen LogP contribution in [0.5, 0.6) is 0 Å². The molecule has 2 N–H and O–H groups in total. The molecule has 2 aliphatic rings. The Kier molecular flexibility index (Phi) is 4.24. The van der Waals surface area contributed by atoms with Crippen LogP contribution in [-0.4, -0.2) is 28.6 Å². The van der Waals surface area contributed by atoms with Gasteiger partial charge in [0.2, 0.25) is 5.91 Å². The Balaban J connectivity index is 1.61. The van der Waals surface area contributed by atoms with Crippen LogP contribution in [0, 0.1) is 0 Å². The first-order valence-electron chi connectivity index (χ1n) is 7.07. The van der Waals surface area contributed by atoms with E-state index in [1.807, 2.05) is 24.3 Å². The van der Waals surface area contributed by atoms with Crippen molar-refractivity contribution in [3.63, 3.8) is 0 Å².